The zero-order chi connectivity index (χ0) is 13.3. The Balaban J connectivity index is 2.37. The number of carbonyl (C=O) groups is 2. The van der Waals surface area contributed by atoms with Crippen LogP contribution < -0.4 is 10.6 Å². The lowest BCUT2D eigenvalue weighted by atomic mass is 10.1. The van der Waals surface area contributed by atoms with Crippen LogP contribution in [0.3, 0.4) is 0 Å². The summed E-state index contributed by atoms with van der Waals surface area (Å²) < 4.78 is 0. The Bertz CT molecular complexity index is 560. The Morgan fingerprint density at radius 2 is 2.22 bits per heavy atom. The molecule has 2 rings (SSSR count). The van der Waals surface area contributed by atoms with Gasteiger partial charge in [0.1, 0.15) is 0 Å². The minimum atomic E-state index is -1.08. The molecule has 0 aliphatic carbocycles. The van der Waals surface area contributed by atoms with Gasteiger partial charge in [-0.2, -0.15) is 0 Å². The third kappa shape index (κ3) is 2.13. The van der Waals surface area contributed by atoms with Crippen LogP contribution in [0.5, 0.6) is 0 Å². The van der Waals surface area contributed by atoms with Crippen LogP contribution in [0.15, 0.2) is 18.2 Å². The Kier molecular flexibility index (Phi) is 2.94. The molecule has 0 radical (unpaired) electrons. The molecule has 5 nitrogen and oxygen atoms in total. The van der Waals surface area contributed by atoms with E-state index in [1.54, 1.807) is 6.07 Å². The highest BCUT2D eigenvalue weighted by atomic mass is 16.4. The van der Waals surface area contributed by atoms with Crippen molar-refractivity contribution in [3.8, 4) is 12.3 Å². The molecule has 1 atom stereocenters. The highest BCUT2D eigenvalue weighted by Gasteiger charge is 2.29. The molecule has 1 amide bonds. The number of carbonyl (C=O) groups excluding carboxylic acids is 1. The fourth-order valence-corrected chi connectivity index (χ4v) is 1.98. The van der Waals surface area contributed by atoms with Gasteiger partial charge in [-0.15, -0.1) is 12.3 Å². The van der Waals surface area contributed by atoms with Crippen molar-refractivity contribution in [3.63, 3.8) is 0 Å². The molecule has 18 heavy (non-hydrogen) atoms. The zero-order valence-corrected chi connectivity index (χ0v) is 9.59. The maximum absolute atomic E-state index is 11.8. The van der Waals surface area contributed by atoms with Crippen LogP contribution in [-0.2, 0) is 4.79 Å². The predicted molar refractivity (Wildman–Crippen MR) is 67.1 cm³/mol. The summed E-state index contributed by atoms with van der Waals surface area (Å²) in [5.41, 5.74) is 6.48. The van der Waals surface area contributed by atoms with Crippen molar-refractivity contribution in [3.05, 3.63) is 23.8 Å². The van der Waals surface area contributed by atoms with Gasteiger partial charge in [0.25, 0.3) is 0 Å². The largest absolute Gasteiger partial charge is 0.478 e. The number of nitrogens with zero attached hydrogens (tertiary/aromatic N) is 1. The van der Waals surface area contributed by atoms with Crippen LogP contribution >= 0.6 is 0 Å². The van der Waals surface area contributed by atoms with Crippen LogP contribution in [0.4, 0.5) is 11.4 Å². The summed E-state index contributed by atoms with van der Waals surface area (Å²) >= 11 is 0. The monoisotopic (exact) mass is 244 g/mol. The average Bonchev–Trinajstić information content (AvgIpc) is 2.69. The molecule has 5 heteroatoms. The molecule has 0 spiro atoms. The highest BCUT2D eigenvalue weighted by molar-refractivity contribution is 5.98. The Morgan fingerprint density at radius 3 is 2.78 bits per heavy atom. The summed E-state index contributed by atoms with van der Waals surface area (Å²) in [7, 11) is 0. The number of hydrogen-bond donors (Lipinski definition) is 2. The van der Waals surface area contributed by atoms with E-state index in [4.69, 9.17) is 17.3 Å². The summed E-state index contributed by atoms with van der Waals surface area (Å²) in [6.07, 6.45) is 5.58. The van der Waals surface area contributed by atoms with E-state index in [0.29, 0.717) is 17.9 Å². The minimum Gasteiger partial charge on any atom is -0.478 e. The molecule has 1 saturated heterocycles. The molecule has 1 aromatic carbocycles. The molecule has 0 aromatic heterocycles. The number of terminal acetylenes is 1. The van der Waals surface area contributed by atoms with Gasteiger partial charge in [-0.3, -0.25) is 4.79 Å². The average molecular weight is 244 g/mol. The van der Waals surface area contributed by atoms with Crippen LogP contribution in [0.1, 0.15) is 16.8 Å². The van der Waals surface area contributed by atoms with Crippen molar-refractivity contribution in [1.29, 1.82) is 0 Å². The lowest BCUT2D eigenvalue weighted by molar-refractivity contribution is -0.117. The van der Waals surface area contributed by atoms with E-state index in [2.05, 4.69) is 5.92 Å². The second-order valence-corrected chi connectivity index (χ2v) is 4.19. The van der Waals surface area contributed by atoms with E-state index < -0.39 is 5.97 Å². The van der Waals surface area contributed by atoms with Gasteiger partial charge in [0.15, 0.2) is 0 Å². The Hall–Kier alpha value is -2.48. The van der Waals surface area contributed by atoms with Crippen molar-refractivity contribution in [2.24, 2.45) is 5.92 Å². The zero-order valence-electron chi connectivity index (χ0n) is 9.59. The van der Waals surface area contributed by atoms with Gasteiger partial charge in [0.05, 0.1) is 5.56 Å². The molecule has 1 aromatic rings. The smallest absolute Gasteiger partial charge is 0.335 e. The molecule has 1 heterocycles. The number of aromatic carboxylic acids is 1. The highest BCUT2D eigenvalue weighted by Crippen LogP contribution is 2.27. The summed E-state index contributed by atoms with van der Waals surface area (Å²) in [6, 6.07) is 4.35. The molecule has 3 N–H and O–H groups in total. The van der Waals surface area contributed by atoms with Gasteiger partial charge >= 0.3 is 5.97 Å². The number of hydrogen-bond acceptors (Lipinski definition) is 3. The standard InChI is InChI=1S/C13H12N2O3/c1-2-8-3-12(16)15(7-8)11-5-9(13(17)18)4-10(14)6-11/h1,4-6,8H,3,7,14H2,(H,17,18). The first-order chi connectivity index (χ1) is 8.51. The number of anilines is 2. The number of benzene rings is 1. The van der Waals surface area contributed by atoms with E-state index in [0.717, 1.165) is 0 Å². The van der Waals surface area contributed by atoms with Crippen molar-refractivity contribution in [1.82, 2.24) is 0 Å². The van der Waals surface area contributed by atoms with Gasteiger partial charge in [-0.1, -0.05) is 0 Å². The second-order valence-electron chi connectivity index (χ2n) is 4.19. The van der Waals surface area contributed by atoms with E-state index in [-0.39, 0.29) is 23.8 Å². The predicted octanol–water partition coefficient (Wildman–Crippen LogP) is 0.953. The summed E-state index contributed by atoms with van der Waals surface area (Å²) in [6.45, 7) is 0.401. The van der Waals surface area contributed by atoms with Crippen LogP contribution in [0.2, 0.25) is 0 Å². The topological polar surface area (TPSA) is 83.6 Å². The van der Waals surface area contributed by atoms with Gasteiger partial charge in [-0.05, 0) is 18.2 Å². The third-order valence-electron chi connectivity index (χ3n) is 2.86. The Morgan fingerprint density at radius 1 is 1.50 bits per heavy atom. The quantitative estimate of drug-likeness (QED) is 0.599. The number of nitrogen functional groups attached to an aromatic ring is 1. The first-order valence-electron chi connectivity index (χ1n) is 5.41. The molecule has 0 saturated carbocycles. The molecular weight excluding hydrogens is 232 g/mol. The molecule has 92 valence electrons. The molecular formula is C13H12N2O3. The molecule has 1 fully saturated rings. The first kappa shape index (κ1) is 12.0. The van der Waals surface area contributed by atoms with Crippen LogP contribution in [0.25, 0.3) is 0 Å². The lowest BCUT2D eigenvalue weighted by Crippen LogP contribution is -2.24. The molecule has 1 aliphatic rings. The van der Waals surface area contributed by atoms with Crippen molar-refractivity contribution < 1.29 is 14.7 Å². The SMILES string of the molecule is C#CC1CC(=O)N(c2cc(N)cc(C(=O)O)c2)C1. The van der Waals surface area contributed by atoms with Crippen molar-refractivity contribution in [2.45, 2.75) is 6.42 Å². The maximum atomic E-state index is 11.8. The first-order valence-corrected chi connectivity index (χ1v) is 5.41. The van der Waals surface area contributed by atoms with Gasteiger partial charge < -0.3 is 15.7 Å². The van der Waals surface area contributed by atoms with E-state index in [1.807, 2.05) is 0 Å². The second kappa shape index (κ2) is 4.41. The van der Waals surface area contributed by atoms with Gasteiger partial charge in [0, 0.05) is 30.3 Å². The van der Waals surface area contributed by atoms with E-state index >= 15 is 0 Å². The van der Waals surface area contributed by atoms with Crippen molar-refractivity contribution in [2.75, 3.05) is 17.2 Å². The number of carboxylic acid groups (broad SMARTS) is 1. The summed E-state index contributed by atoms with van der Waals surface area (Å²) in [5, 5.41) is 8.95. The fourth-order valence-electron chi connectivity index (χ4n) is 1.98. The summed E-state index contributed by atoms with van der Waals surface area (Å²) in [4.78, 5) is 24.2. The third-order valence-corrected chi connectivity index (χ3v) is 2.86. The van der Waals surface area contributed by atoms with Gasteiger partial charge in [-0.25, -0.2) is 4.79 Å². The summed E-state index contributed by atoms with van der Waals surface area (Å²) in [5.74, 6) is 1.21. The lowest BCUT2D eigenvalue weighted by Gasteiger charge is -2.17. The number of nitrogens with two attached hydrogens (primary N) is 1. The minimum absolute atomic E-state index is 0.0574. The van der Waals surface area contributed by atoms with Crippen LogP contribution in [0, 0.1) is 18.3 Å². The maximum Gasteiger partial charge on any atom is 0.335 e. The van der Waals surface area contributed by atoms with Gasteiger partial charge in [0.2, 0.25) is 5.91 Å². The number of carboxylic acids is 1. The molecule has 1 unspecified atom stereocenters. The molecule has 1 aliphatic heterocycles. The van der Waals surface area contributed by atoms with Crippen LogP contribution in [-0.4, -0.2) is 23.5 Å². The van der Waals surface area contributed by atoms with Crippen molar-refractivity contribution >= 4 is 23.3 Å². The Labute approximate surface area is 104 Å². The normalized spacial score (nSPS) is 18.7. The fraction of sp³-hybridized carbons (Fsp3) is 0.231. The van der Waals surface area contributed by atoms with E-state index in [9.17, 15) is 9.59 Å². The number of amides is 1. The molecule has 0 bridgehead atoms. The van der Waals surface area contributed by atoms with E-state index in [1.165, 1.54) is 17.0 Å². The number of rotatable bonds is 2.